The molecule has 1 saturated carbocycles. The molecule has 0 atom stereocenters. The highest BCUT2D eigenvalue weighted by Gasteiger charge is 2.59. The minimum Gasteiger partial charge on any atom is -0.474 e. The maximum atomic E-state index is 13.6. The summed E-state index contributed by atoms with van der Waals surface area (Å²) in [6.45, 7) is 6.66. The van der Waals surface area contributed by atoms with Gasteiger partial charge in [-0.05, 0) is 56.5 Å². The number of hydrogen-bond donors (Lipinski definition) is 0. The van der Waals surface area contributed by atoms with Crippen molar-refractivity contribution in [2.75, 3.05) is 29.4 Å². The SMILES string of the molecule is C=CCN1CCC(Oc2ccc(N3C(=S)N(c4cnc(C#N)c(Cl)c4)C(=O)C34CCC4)cn2)CC1. The monoisotopic (exact) mass is 508 g/mol. The number of nitriles is 1. The second kappa shape index (κ2) is 9.53. The van der Waals surface area contributed by atoms with Crippen molar-refractivity contribution >= 4 is 46.2 Å². The smallest absolute Gasteiger partial charge is 0.259 e. The first kappa shape index (κ1) is 23.7. The molecule has 1 amide bonds. The van der Waals surface area contributed by atoms with E-state index in [0.717, 1.165) is 44.6 Å². The molecule has 35 heavy (non-hydrogen) atoms. The van der Waals surface area contributed by atoms with E-state index in [1.807, 2.05) is 29.2 Å². The Morgan fingerprint density at radius 2 is 2.00 bits per heavy atom. The van der Waals surface area contributed by atoms with Gasteiger partial charge in [-0.25, -0.2) is 9.97 Å². The van der Waals surface area contributed by atoms with Crippen molar-refractivity contribution in [2.45, 2.75) is 43.7 Å². The van der Waals surface area contributed by atoms with Gasteiger partial charge in [-0.3, -0.25) is 14.6 Å². The van der Waals surface area contributed by atoms with E-state index in [0.29, 0.717) is 29.5 Å². The highest BCUT2D eigenvalue weighted by atomic mass is 35.5. The molecule has 1 aliphatic carbocycles. The number of amides is 1. The van der Waals surface area contributed by atoms with E-state index in [1.54, 1.807) is 12.3 Å². The zero-order chi connectivity index (χ0) is 24.6. The van der Waals surface area contributed by atoms with Crippen LogP contribution in [0.4, 0.5) is 11.4 Å². The van der Waals surface area contributed by atoms with Crippen molar-refractivity contribution < 1.29 is 9.53 Å². The number of hydrogen-bond acceptors (Lipinski definition) is 7. The average molecular weight is 509 g/mol. The van der Waals surface area contributed by atoms with Crippen LogP contribution in [0.5, 0.6) is 5.88 Å². The average Bonchev–Trinajstić information content (AvgIpc) is 3.07. The van der Waals surface area contributed by atoms with E-state index in [-0.39, 0.29) is 22.7 Å². The number of anilines is 2. The molecular formula is C25H25ClN6O2S. The second-order valence-electron chi connectivity index (χ2n) is 9.04. The molecule has 2 aromatic heterocycles. The third-order valence-electron chi connectivity index (χ3n) is 6.97. The zero-order valence-corrected chi connectivity index (χ0v) is 20.8. The summed E-state index contributed by atoms with van der Waals surface area (Å²) >= 11 is 12.0. The second-order valence-corrected chi connectivity index (χ2v) is 9.81. The summed E-state index contributed by atoms with van der Waals surface area (Å²) in [6, 6.07) is 7.24. The van der Waals surface area contributed by atoms with Gasteiger partial charge in [0.25, 0.3) is 5.91 Å². The molecular weight excluding hydrogens is 484 g/mol. The molecule has 3 fully saturated rings. The molecule has 5 rings (SSSR count). The predicted octanol–water partition coefficient (Wildman–Crippen LogP) is 4.09. The van der Waals surface area contributed by atoms with Gasteiger partial charge < -0.3 is 9.64 Å². The largest absolute Gasteiger partial charge is 0.474 e. The van der Waals surface area contributed by atoms with E-state index in [1.165, 1.54) is 11.1 Å². The van der Waals surface area contributed by atoms with Crippen LogP contribution < -0.4 is 14.5 Å². The molecule has 0 aromatic carbocycles. The number of rotatable bonds is 6. The van der Waals surface area contributed by atoms with Gasteiger partial charge >= 0.3 is 0 Å². The lowest BCUT2D eigenvalue weighted by atomic mass is 9.75. The summed E-state index contributed by atoms with van der Waals surface area (Å²) in [7, 11) is 0. The lowest BCUT2D eigenvalue weighted by Crippen LogP contribution is -2.55. The van der Waals surface area contributed by atoms with Crippen LogP contribution in [0.25, 0.3) is 0 Å². The van der Waals surface area contributed by atoms with Gasteiger partial charge in [-0.15, -0.1) is 6.58 Å². The minimum absolute atomic E-state index is 0.106. The Labute approximate surface area is 214 Å². The van der Waals surface area contributed by atoms with Gasteiger partial charge in [-0.2, -0.15) is 5.26 Å². The molecule has 0 bridgehead atoms. The van der Waals surface area contributed by atoms with Crippen LogP contribution in [0.2, 0.25) is 5.02 Å². The Balaban J connectivity index is 1.35. The molecule has 2 saturated heterocycles. The molecule has 0 unspecified atom stereocenters. The van der Waals surface area contributed by atoms with E-state index in [2.05, 4.69) is 21.4 Å². The van der Waals surface area contributed by atoms with Crippen LogP contribution in [0.3, 0.4) is 0 Å². The number of ether oxygens (including phenoxy) is 1. The fourth-order valence-electron chi connectivity index (χ4n) is 4.98. The number of carbonyl (C=O) groups excluding carboxylic acids is 1. The van der Waals surface area contributed by atoms with Crippen molar-refractivity contribution in [2.24, 2.45) is 0 Å². The van der Waals surface area contributed by atoms with Crippen molar-refractivity contribution in [1.29, 1.82) is 5.26 Å². The fourth-order valence-corrected chi connectivity index (χ4v) is 5.65. The number of likely N-dealkylation sites (tertiary alicyclic amines) is 1. The molecule has 4 heterocycles. The summed E-state index contributed by atoms with van der Waals surface area (Å²) in [6.07, 6.45) is 9.45. The minimum atomic E-state index is -0.737. The number of halogens is 1. The number of thiocarbonyl (C=S) groups is 1. The standard InChI is InChI=1S/C25H25ClN6O2S/c1-2-10-30-11-6-19(7-12-30)34-22-5-4-17(15-29-22)32-24(35)31(23(33)25(32)8-3-9-25)18-13-20(26)21(14-27)28-16-18/h2,4-5,13,15-16,19H,1,3,6-12H2. The Kier molecular flexibility index (Phi) is 6.45. The molecule has 0 N–H and O–H groups in total. The molecule has 2 aliphatic heterocycles. The van der Waals surface area contributed by atoms with Crippen LogP contribution in [0, 0.1) is 11.3 Å². The van der Waals surface area contributed by atoms with E-state index in [9.17, 15) is 4.79 Å². The van der Waals surface area contributed by atoms with Crippen LogP contribution in [0.15, 0.2) is 43.2 Å². The van der Waals surface area contributed by atoms with Crippen LogP contribution in [-0.2, 0) is 4.79 Å². The maximum Gasteiger partial charge on any atom is 0.259 e. The van der Waals surface area contributed by atoms with Crippen LogP contribution >= 0.6 is 23.8 Å². The first-order chi connectivity index (χ1) is 17.0. The Bertz CT molecular complexity index is 1200. The van der Waals surface area contributed by atoms with Crippen LogP contribution in [-0.4, -0.2) is 57.2 Å². The summed E-state index contributed by atoms with van der Waals surface area (Å²) in [5, 5.41) is 9.65. The lowest BCUT2D eigenvalue weighted by molar-refractivity contribution is -0.123. The number of pyridine rings is 2. The third-order valence-corrected chi connectivity index (χ3v) is 7.62. The van der Waals surface area contributed by atoms with Crippen LogP contribution in [0.1, 0.15) is 37.8 Å². The predicted molar refractivity (Wildman–Crippen MR) is 138 cm³/mol. The first-order valence-corrected chi connectivity index (χ1v) is 12.5. The van der Waals surface area contributed by atoms with Gasteiger partial charge in [0.2, 0.25) is 5.88 Å². The molecule has 10 heteroatoms. The topological polar surface area (TPSA) is 85.6 Å². The van der Waals surface area contributed by atoms with Crippen molar-refractivity contribution in [1.82, 2.24) is 14.9 Å². The maximum absolute atomic E-state index is 13.6. The fraction of sp³-hybridized carbons (Fsp3) is 0.400. The number of nitrogens with zero attached hydrogens (tertiary/aromatic N) is 6. The van der Waals surface area contributed by atoms with Crippen molar-refractivity contribution in [3.63, 3.8) is 0 Å². The Morgan fingerprint density at radius 1 is 1.26 bits per heavy atom. The highest BCUT2D eigenvalue weighted by Crippen LogP contribution is 2.47. The van der Waals surface area contributed by atoms with Gasteiger partial charge in [0.05, 0.1) is 28.8 Å². The van der Waals surface area contributed by atoms with Gasteiger partial charge in [0.15, 0.2) is 10.8 Å². The molecule has 2 aromatic rings. The zero-order valence-electron chi connectivity index (χ0n) is 19.2. The van der Waals surface area contributed by atoms with E-state index < -0.39 is 5.54 Å². The van der Waals surface area contributed by atoms with Crippen molar-refractivity contribution in [3.05, 3.63) is 54.0 Å². The van der Waals surface area contributed by atoms with Gasteiger partial charge in [0.1, 0.15) is 17.7 Å². The van der Waals surface area contributed by atoms with Crippen molar-refractivity contribution in [3.8, 4) is 11.9 Å². The van der Waals surface area contributed by atoms with E-state index >= 15 is 0 Å². The first-order valence-electron chi connectivity index (χ1n) is 11.7. The highest BCUT2D eigenvalue weighted by molar-refractivity contribution is 7.81. The normalized spacial score (nSPS) is 20.1. The quantitative estimate of drug-likeness (QED) is 0.426. The number of carbonyl (C=O) groups is 1. The molecule has 8 nitrogen and oxygen atoms in total. The Morgan fingerprint density at radius 3 is 2.57 bits per heavy atom. The lowest BCUT2D eigenvalue weighted by Gasteiger charge is -2.42. The molecule has 1 spiro atoms. The third kappa shape index (κ3) is 4.16. The summed E-state index contributed by atoms with van der Waals surface area (Å²) in [5.41, 5.74) is 0.564. The number of piperidine rings is 1. The Hall–Kier alpha value is -3.06. The van der Waals surface area contributed by atoms with Gasteiger partial charge in [0, 0.05) is 25.7 Å². The summed E-state index contributed by atoms with van der Waals surface area (Å²) in [5.74, 6) is 0.456. The van der Waals surface area contributed by atoms with E-state index in [4.69, 9.17) is 33.8 Å². The van der Waals surface area contributed by atoms with Gasteiger partial charge in [-0.1, -0.05) is 17.7 Å². The molecule has 180 valence electrons. The summed E-state index contributed by atoms with van der Waals surface area (Å²) in [4.78, 5) is 27.9. The number of aromatic nitrogens is 2. The molecule has 0 radical (unpaired) electrons. The molecule has 3 aliphatic rings. The summed E-state index contributed by atoms with van der Waals surface area (Å²) < 4.78 is 6.12.